The van der Waals surface area contributed by atoms with Crippen LogP contribution in [0.4, 0.5) is 0 Å². The van der Waals surface area contributed by atoms with E-state index in [0.717, 1.165) is 45.7 Å². The van der Waals surface area contributed by atoms with Crippen molar-refractivity contribution in [3.05, 3.63) is 32.7 Å². The Hall–Kier alpha value is -0.890. The number of H-pyrrole nitrogens is 1. The van der Waals surface area contributed by atoms with Gasteiger partial charge in [0.05, 0.1) is 10.0 Å². The molecule has 2 fully saturated rings. The molecule has 8 heteroatoms. The molecule has 2 aliphatic heterocycles. The summed E-state index contributed by atoms with van der Waals surface area (Å²) in [5.74, 6) is -0.00964. The zero-order valence-corrected chi connectivity index (χ0v) is 14.6. The van der Waals surface area contributed by atoms with Gasteiger partial charge < -0.3 is 15.2 Å². The molecule has 6 nitrogen and oxygen atoms in total. The Morgan fingerprint density at radius 1 is 1.27 bits per heavy atom. The first kappa shape index (κ1) is 17.5. The number of halogens is 2. The van der Waals surface area contributed by atoms with Crippen molar-refractivity contribution >= 4 is 34.2 Å². The van der Waals surface area contributed by atoms with Gasteiger partial charge >= 0.3 is 0 Å². The molecule has 2 N–H and O–H groups in total. The van der Waals surface area contributed by atoms with Crippen LogP contribution in [-0.4, -0.2) is 66.0 Å². The number of aromatic nitrogens is 1. The molecule has 0 radical (unpaired) electrons. The number of hydrogen-bond acceptors (Lipinski definition) is 4. The van der Waals surface area contributed by atoms with Crippen molar-refractivity contribution in [2.24, 2.45) is 0 Å². The smallest absolute Gasteiger partial charge is 0.262 e. The number of nitrogens with zero attached hydrogens (tertiary/aromatic N) is 2. The van der Waals surface area contributed by atoms with Gasteiger partial charge in [-0.2, -0.15) is 0 Å². The maximum Gasteiger partial charge on any atom is 0.262 e. The summed E-state index contributed by atoms with van der Waals surface area (Å²) < 4.78 is 0.395. The first-order valence-corrected chi connectivity index (χ1v) is 8.07. The minimum Gasteiger partial charge on any atom is -0.337 e. The molecule has 1 aromatic rings. The van der Waals surface area contributed by atoms with Crippen molar-refractivity contribution in [2.45, 2.75) is 12.5 Å². The highest BCUT2D eigenvalue weighted by molar-refractivity contribution is 9.10. The highest BCUT2D eigenvalue weighted by Gasteiger charge is 2.31. The van der Waals surface area contributed by atoms with E-state index in [1.165, 1.54) is 6.20 Å². The van der Waals surface area contributed by atoms with Gasteiger partial charge in [-0.15, -0.1) is 12.4 Å². The van der Waals surface area contributed by atoms with Crippen LogP contribution >= 0.6 is 28.3 Å². The van der Waals surface area contributed by atoms with Gasteiger partial charge in [0.15, 0.2) is 0 Å². The second kappa shape index (κ2) is 7.59. The minimum absolute atomic E-state index is 0. The largest absolute Gasteiger partial charge is 0.337 e. The SMILES string of the molecule is Cl.O=C(c1c[nH]c(=O)c(Br)c1)N1CCC(N2CCNCC2)C1. The Morgan fingerprint density at radius 3 is 2.68 bits per heavy atom. The monoisotopic (exact) mass is 390 g/mol. The van der Waals surface area contributed by atoms with E-state index in [2.05, 4.69) is 31.1 Å². The zero-order chi connectivity index (χ0) is 14.8. The fraction of sp³-hybridized carbons (Fsp3) is 0.571. The Balaban J connectivity index is 0.00000176. The summed E-state index contributed by atoms with van der Waals surface area (Å²) in [5, 5.41) is 3.35. The van der Waals surface area contributed by atoms with E-state index in [4.69, 9.17) is 0 Å². The normalized spacial score (nSPS) is 22.4. The minimum atomic E-state index is -0.216. The molecular weight excluding hydrogens is 372 g/mol. The standard InChI is InChI=1S/C14H19BrN4O2.ClH/c15-12-7-10(8-17-13(12)20)14(21)19-4-1-11(9-19)18-5-2-16-3-6-18;/h7-8,11,16H,1-6,9H2,(H,17,20);1H. The first-order valence-electron chi connectivity index (χ1n) is 7.27. The summed E-state index contributed by atoms with van der Waals surface area (Å²) >= 11 is 3.17. The number of aromatic amines is 1. The molecule has 2 saturated heterocycles. The van der Waals surface area contributed by atoms with Crippen LogP contribution in [0.3, 0.4) is 0 Å². The molecule has 3 rings (SSSR count). The number of amides is 1. The van der Waals surface area contributed by atoms with Gasteiger partial charge in [0.1, 0.15) is 0 Å². The third kappa shape index (κ3) is 3.71. The van der Waals surface area contributed by atoms with Crippen LogP contribution in [0.1, 0.15) is 16.8 Å². The maximum atomic E-state index is 12.5. The van der Waals surface area contributed by atoms with Crippen molar-refractivity contribution < 1.29 is 4.79 Å². The second-order valence-electron chi connectivity index (χ2n) is 5.55. The van der Waals surface area contributed by atoms with Crippen molar-refractivity contribution in [2.75, 3.05) is 39.3 Å². The van der Waals surface area contributed by atoms with Gasteiger partial charge in [0, 0.05) is 51.5 Å². The van der Waals surface area contributed by atoms with Crippen molar-refractivity contribution in [3.63, 3.8) is 0 Å². The molecule has 1 aromatic heterocycles. The molecule has 0 bridgehead atoms. The van der Waals surface area contributed by atoms with Crippen LogP contribution in [0.5, 0.6) is 0 Å². The van der Waals surface area contributed by atoms with Gasteiger partial charge in [-0.1, -0.05) is 0 Å². The average Bonchev–Trinajstić information content (AvgIpc) is 3.00. The number of likely N-dealkylation sites (tertiary alicyclic amines) is 1. The predicted octanol–water partition coefficient (Wildman–Crippen LogP) is 0.679. The van der Waals surface area contributed by atoms with E-state index in [9.17, 15) is 9.59 Å². The molecule has 0 saturated carbocycles. The fourth-order valence-corrected chi connectivity index (χ4v) is 3.39. The predicted molar refractivity (Wildman–Crippen MR) is 90.8 cm³/mol. The number of carbonyl (C=O) groups excluding carboxylic acids is 1. The molecule has 0 aromatic carbocycles. The topological polar surface area (TPSA) is 68.4 Å². The van der Waals surface area contributed by atoms with E-state index in [-0.39, 0.29) is 23.9 Å². The van der Waals surface area contributed by atoms with Gasteiger partial charge in [0.2, 0.25) is 0 Å². The summed E-state index contributed by atoms with van der Waals surface area (Å²) in [5.41, 5.74) is 0.314. The summed E-state index contributed by atoms with van der Waals surface area (Å²) in [6, 6.07) is 2.06. The zero-order valence-electron chi connectivity index (χ0n) is 12.2. The van der Waals surface area contributed by atoms with Crippen LogP contribution in [0.25, 0.3) is 0 Å². The summed E-state index contributed by atoms with van der Waals surface area (Å²) in [4.78, 5) is 30.7. The van der Waals surface area contributed by atoms with Gasteiger partial charge in [-0.3, -0.25) is 14.5 Å². The molecule has 1 amide bonds. The van der Waals surface area contributed by atoms with E-state index in [1.807, 2.05) is 4.90 Å². The van der Waals surface area contributed by atoms with Crippen LogP contribution in [0.2, 0.25) is 0 Å². The summed E-state index contributed by atoms with van der Waals surface area (Å²) in [7, 11) is 0. The Bertz CT molecular complexity index is 588. The van der Waals surface area contributed by atoms with Crippen LogP contribution in [-0.2, 0) is 0 Å². The highest BCUT2D eigenvalue weighted by Crippen LogP contribution is 2.19. The van der Waals surface area contributed by atoms with E-state index >= 15 is 0 Å². The number of rotatable bonds is 2. The number of pyridine rings is 1. The number of nitrogens with one attached hydrogen (secondary N) is 2. The summed E-state index contributed by atoms with van der Waals surface area (Å²) in [6.45, 7) is 5.71. The highest BCUT2D eigenvalue weighted by atomic mass is 79.9. The lowest BCUT2D eigenvalue weighted by Crippen LogP contribution is -2.49. The molecule has 3 heterocycles. The van der Waals surface area contributed by atoms with E-state index < -0.39 is 0 Å². The third-order valence-corrected chi connectivity index (χ3v) is 4.81. The number of carbonyl (C=O) groups is 1. The lowest BCUT2D eigenvalue weighted by atomic mass is 10.2. The van der Waals surface area contributed by atoms with Gasteiger partial charge in [-0.25, -0.2) is 0 Å². The van der Waals surface area contributed by atoms with Gasteiger partial charge in [-0.05, 0) is 28.4 Å². The van der Waals surface area contributed by atoms with E-state index in [0.29, 0.717) is 16.1 Å². The summed E-state index contributed by atoms with van der Waals surface area (Å²) in [6.07, 6.45) is 2.52. The molecule has 0 aliphatic carbocycles. The Labute approximate surface area is 143 Å². The van der Waals surface area contributed by atoms with Crippen molar-refractivity contribution in [1.29, 1.82) is 0 Å². The third-order valence-electron chi connectivity index (χ3n) is 4.22. The van der Waals surface area contributed by atoms with Crippen LogP contribution < -0.4 is 10.9 Å². The Kier molecular flexibility index (Phi) is 6.02. The molecule has 2 aliphatic rings. The van der Waals surface area contributed by atoms with E-state index in [1.54, 1.807) is 6.07 Å². The molecular formula is C14H20BrClN4O2. The maximum absolute atomic E-state index is 12.5. The second-order valence-corrected chi connectivity index (χ2v) is 6.40. The molecule has 1 unspecified atom stereocenters. The number of piperazine rings is 1. The molecule has 0 spiro atoms. The quantitative estimate of drug-likeness (QED) is 0.778. The average molecular weight is 392 g/mol. The molecule has 22 heavy (non-hydrogen) atoms. The number of hydrogen-bond donors (Lipinski definition) is 2. The van der Waals surface area contributed by atoms with Crippen LogP contribution in [0.15, 0.2) is 21.5 Å². The first-order chi connectivity index (χ1) is 10.1. The van der Waals surface area contributed by atoms with Crippen molar-refractivity contribution in [3.8, 4) is 0 Å². The van der Waals surface area contributed by atoms with Crippen molar-refractivity contribution in [1.82, 2.24) is 20.1 Å². The fourth-order valence-electron chi connectivity index (χ4n) is 3.03. The van der Waals surface area contributed by atoms with Gasteiger partial charge in [0.25, 0.3) is 11.5 Å². The molecule has 1 atom stereocenters. The molecule has 122 valence electrons. The lowest BCUT2D eigenvalue weighted by molar-refractivity contribution is 0.0773. The van der Waals surface area contributed by atoms with Crippen LogP contribution in [0, 0.1) is 0 Å². The lowest BCUT2D eigenvalue weighted by Gasteiger charge is -2.32. The Morgan fingerprint density at radius 2 is 2.00 bits per heavy atom.